The van der Waals surface area contributed by atoms with Crippen LogP contribution in [0.25, 0.3) is 0 Å². The number of carbonyl (C=O) groups excluding carboxylic acids is 2. The van der Waals surface area contributed by atoms with Crippen molar-refractivity contribution in [2.24, 2.45) is 0 Å². The number of pyridine rings is 2. The van der Waals surface area contributed by atoms with Gasteiger partial charge in [-0.25, -0.2) is 9.37 Å². The van der Waals surface area contributed by atoms with Gasteiger partial charge in [0.25, 0.3) is 5.91 Å². The highest BCUT2D eigenvalue weighted by Gasteiger charge is 2.43. The highest BCUT2D eigenvalue weighted by Crippen LogP contribution is 2.36. The molecule has 0 unspecified atom stereocenters. The zero-order chi connectivity index (χ0) is 26.6. The molecular weight excluding hydrogens is 496 g/mol. The molecule has 3 aromatic rings. The van der Waals surface area contributed by atoms with E-state index in [4.69, 9.17) is 10.5 Å². The van der Waals surface area contributed by atoms with Crippen LogP contribution >= 0.6 is 0 Å². The summed E-state index contributed by atoms with van der Waals surface area (Å²) in [7, 11) is 0. The molecule has 1 fully saturated rings. The number of hydrogen-bond acceptors (Lipinski definition) is 7. The third-order valence-electron chi connectivity index (χ3n) is 5.68. The first kappa shape index (κ1) is 25.8. The number of amides is 2. The van der Waals surface area contributed by atoms with Gasteiger partial charge in [-0.3, -0.25) is 14.6 Å². The van der Waals surface area contributed by atoms with Crippen LogP contribution in [0.2, 0.25) is 0 Å². The molecule has 9 nitrogen and oxygen atoms in total. The molecule has 1 aromatic carbocycles. The smallest absolute Gasteiger partial charge is 0.384 e. The molecule has 0 saturated carbocycles. The summed E-state index contributed by atoms with van der Waals surface area (Å²) in [4.78, 5) is 33.7. The fourth-order valence-corrected chi connectivity index (χ4v) is 3.69. The van der Waals surface area contributed by atoms with Crippen molar-refractivity contribution in [2.75, 3.05) is 24.3 Å². The molecular formula is C24H22F4N6O3. The lowest BCUT2D eigenvalue weighted by Crippen LogP contribution is -2.59. The number of aromatic nitrogens is 2. The van der Waals surface area contributed by atoms with E-state index < -0.39 is 34.9 Å². The predicted molar refractivity (Wildman–Crippen MR) is 125 cm³/mol. The first-order valence-corrected chi connectivity index (χ1v) is 11.0. The average Bonchev–Trinajstić information content (AvgIpc) is 3.34. The number of anilines is 3. The monoisotopic (exact) mass is 518 g/mol. The SMILES string of the molecule is Nc1ccc(C(=O)N[C@@]2(C(=O)NCc3ccc(Nc4ccc(F)cc4C(F)(F)F)cn3)CCOC2)cn1. The van der Waals surface area contributed by atoms with Crippen molar-refractivity contribution >= 4 is 29.0 Å². The number of nitrogens with two attached hydrogens (primary N) is 1. The summed E-state index contributed by atoms with van der Waals surface area (Å²) in [6.07, 6.45) is -1.91. The number of halogens is 4. The zero-order valence-corrected chi connectivity index (χ0v) is 19.2. The van der Waals surface area contributed by atoms with Gasteiger partial charge in [-0.15, -0.1) is 0 Å². The largest absolute Gasteiger partial charge is 0.418 e. The van der Waals surface area contributed by atoms with E-state index >= 15 is 0 Å². The number of nitrogens with one attached hydrogen (secondary N) is 3. The number of alkyl halides is 3. The lowest BCUT2D eigenvalue weighted by Gasteiger charge is -2.27. The Labute approximate surface area is 208 Å². The Morgan fingerprint density at radius 2 is 1.89 bits per heavy atom. The number of rotatable bonds is 7. The normalized spacial score (nSPS) is 17.3. The highest BCUT2D eigenvalue weighted by atomic mass is 19.4. The summed E-state index contributed by atoms with van der Waals surface area (Å²) in [6, 6.07) is 8.26. The first-order valence-electron chi connectivity index (χ1n) is 11.0. The van der Waals surface area contributed by atoms with Gasteiger partial charge in [-0.2, -0.15) is 13.2 Å². The van der Waals surface area contributed by atoms with Crippen molar-refractivity contribution in [2.45, 2.75) is 24.7 Å². The molecule has 2 aromatic heterocycles. The molecule has 3 heterocycles. The van der Waals surface area contributed by atoms with Gasteiger partial charge in [0, 0.05) is 19.2 Å². The van der Waals surface area contributed by atoms with Crippen LogP contribution in [-0.2, 0) is 22.3 Å². The average molecular weight is 518 g/mol. The van der Waals surface area contributed by atoms with Crippen molar-refractivity contribution in [3.63, 3.8) is 0 Å². The van der Waals surface area contributed by atoms with Gasteiger partial charge in [0.1, 0.15) is 17.2 Å². The molecule has 13 heteroatoms. The Balaban J connectivity index is 1.39. The summed E-state index contributed by atoms with van der Waals surface area (Å²) < 4.78 is 58.3. The molecule has 2 amide bonds. The molecule has 1 atom stereocenters. The van der Waals surface area contributed by atoms with E-state index in [1.54, 1.807) is 0 Å². The second-order valence-electron chi connectivity index (χ2n) is 8.34. The van der Waals surface area contributed by atoms with Crippen molar-refractivity contribution < 1.29 is 31.9 Å². The maximum Gasteiger partial charge on any atom is 0.418 e. The minimum Gasteiger partial charge on any atom is -0.384 e. The molecule has 1 saturated heterocycles. The lowest BCUT2D eigenvalue weighted by molar-refractivity contribution is -0.137. The standard InChI is InChI=1S/C24H22F4N6O3/c25-15-2-5-19(18(9-15)24(26,27)28)33-17-4-3-16(30-12-17)11-32-22(36)23(7-8-37-13-23)34-21(35)14-1-6-20(29)31-10-14/h1-6,9-10,12,33H,7-8,11,13H2,(H2,29,31)(H,32,36)(H,34,35)/t23-/m0/s1. The maximum absolute atomic E-state index is 13.3. The van der Waals surface area contributed by atoms with Gasteiger partial charge in [0.05, 0.1) is 47.5 Å². The third kappa shape index (κ3) is 6.12. The van der Waals surface area contributed by atoms with Gasteiger partial charge in [-0.1, -0.05) is 0 Å². The Morgan fingerprint density at radius 3 is 2.51 bits per heavy atom. The predicted octanol–water partition coefficient (Wildman–Crippen LogP) is 3.17. The van der Waals surface area contributed by atoms with E-state index in [1.165, 1.54) is 36.7 Å². The number of ether oxygens (including phenoxy) is 1. The molecule has 1 aliphatic rings. The van der Waals surface area contributed by atoms with E-state index in [0.717, 1.165) is 12.1 Å². The van der Waals surface area contributed by atoms with Gasteiger partial charge in [0.2, 0.25) is 5.91 Å². The molecule has 5 N–H and O–H groups in total. The molecule has 4 rings (SSSR count). The second kappa shape index (κ2) is 10.4. The Morgan fingerprint density at radius 1 is 1.08 bits per heavy atom. The minimum atomic E-state index is -4.75. The van der Waals surface area contributed by atoms with Crippen LogP contribution in [0.1, 0.15) is 28.0 Å². The Bertz CT molecular complexity index is 1280. The molecule has 194 valence electrons. The van der Waals surface area contributed by atoms with Crippen LogP contribution in [0.3, 0.4) is 0 Å². The van der Waals surface area contributed by atoms with E-state index in [0.29, 0.717) is 11.8 Å². The van der Waals surface area contributed by atoms with Crippen LogP contribution in [0.5, 0.6) is 0 Å². The van der Waals surface area contributed by atoms with E-state index in [9.17, 15) is 27.2 Å². The summed E-state index contributed by atoms with van der Waals surface area (Å²) in [5, 5.41) is 8.00. The van der Waals surface area contributed by atoms with E-state index in [1.807, 2.05) is 0 Å². The summed E-state index contributed by atoms with van der Waals surface area (Å²) >= 11 is 0. The van der Waals surface area contributed by atoms with Crippen LogP contribution in [0.15, 0.2) is 54.9 Å². The van der Waals surface area contributed by atoms with E-state index in [2.05, 4.69) is 25.9 Å². The third-order valence-corrected chi connectivity index (χ3v) is 5.68. The number of nitrogens with zero attached hydrogens (tertiary/aromatic N) is 2. The summed E-state index contributed by atoms with van der Waals surface area (Å²) in [5.41, 5.74) is 3.65. The van der Waals surface area contributed by atoms with Crippen LogP contribution < -0.4 is 21.7 Å². The maximum atomic E-state index is 13.3. The van der Waals surface area contributed by atoms with Gasteiger partial charge in [0.15, 0.2) is 0 Å². The number of carbonyl (C=O) groups is 2. The Hall–Kier alpha value is -4.26. The van der Waals surface area contributed by atoms with Crippen molar-refractivity contribution in [1.82, 2.24) is 20.6 Å². The fraction of sp³-hybridized carbons (Fsp3) is 0.250. The zero-order valence-electron chi connectivity index (χ0n) is 19.2. The number of hydrogen-bond donors (Lipinski definition) is 4. The molecule has 0 spiro atoms. The van der Waals surface area contributed by atoms with Gasteiger partial charge in [-0.05, 0) is 42.5 Å². The number of nitrogen functional groups attached to an aromatic ring is 1. The lowest BCUT2D eigenvalue weighted by atomic mass is 9.96. The molecule has 0 aliphatic carbocycles. The second-order valence-corrected chi connectivity index (χ2v) is 8.34. The molecule has 0 radical (unpaired) electrons. The summed E-state index contributed by atoms with van der Waals surface area (Å²) in [5.74, 6) is -1.75. The van der Waals surface area contributed by atoms with E-state index in [-0.39, 0.29) is 48.9 Å². The van der Waals surface area contributed by atoms with Crippen LogP contribution in [0, 0.1) is 5.82 Å². The van der Waals surface area contributed by atoms with Crippen LogP contribution in [-0.4, -0.2) is 40.5 Å². The van der Waals surface area contributed by atoms with Crippen LogP contribution in [0.4, 0.5) is 34.8 Å². The fourth-order valence-electron chi connectivity index (χ4n) is 3.69. The van der Waals surface area contributed by atoms with Crippen molar-refractivity contribution in [3.05, 3.63) is 77.5 Å². The molecule has 0 bridgehead atoms. The van der Waals surface area contributed by atoms with Crippen molar-refractivity contribution in [3.8, 4) is 0 Å². The molecule has 37 heavy (non-hydrogen) atoms. The number of benzene rings is 1. The highest BCUT2D eigenvalue weighted by molar-refractivity contribution is 5.99. The Kier molecular flexibility index (Phi) is 7.25. The summed E-state index contributed by atoms with van der Waals surface area (Å²) in [6.45, 7) is 0.239. The van der Waals surface area contributed by atoms with Crippen molar-refractivity contribution in [1.29, 1.82) is 0 Å². The van der Waals surface area contributed by atoms with Gasteiger partial charge >= 0.3 is 6.18 Å². The quantitative estimate of drug-likeness (QED) is 0.354. The topological polar surface area (TPSA) is 131 Å². The van der Waals surface area contributed by atoms with Gasteiger partial charge < -0.3 is 26.4 Å². The minimum absolute atomic E-state index is 0.00942. The first-order chi connectivity index (χ1) is 17.6. The molecule has 1 aliphatic heterocycles.